The Labute approximate surface area is 151 Å². The number of amides is 2. The molecule has 3 heterocycles. The summed E-state index contributed by atoms with van der Waals surface area (Å²) in [6.45, 7) is 1.95. The van der Waals surface area contributed by atoms with E-state index < -0.39 is 5.41 Å². The van der Waals surface area contributed by atoms with Crippen LogP contribution in [0.3, 0.4) is 0 Å². The minimum absolute atomic E-state index is 0.0760. The van der Waals surface area contributed by atoms with Gasteiger partial charge in [-0.1, -0.05) is 18.2 Å². The van der Waals surface area contributed by atoms with E-state index in [2.05, 4.69) is 0 Å². The molecule has 2 aliphatic rings. The number of carbonyl (C=O) groups is 2. The van der Waals surface area contributed by atoms with Gasteiger partial charge < -0.3 is 24.5 Å². The van der Waals surface area contributed by atoms with Crippen molar-refractivity contribution in [2.24, 2.45) is 17.1 Å². The molecular formula is C19H22N2O5. The molecule has 7 heteroatoms. The van der Waals surface area contributed by atoms with Crippen molar-refractivity contribution < 1.29 is 23.5 Å². The third kappa shape index (κ3) is 2.50. The Morgan fingerprint density at radius 3 is 2.92 bits per heavy atom. The molecule has 2 aromatic rings. The van der Waals surface area contributed by atoms with E-state index in [9.17, 15) is 9.59 Å². The molecule has 26 heavy (non-hydrogen) atoms. The number of furan rings is 1. The van der Waals surface area contributed by atoms with Crippen LogP contribution in [0.1, 0.15) is 22.5 Å². The zero-order valence-corrected chi connectivity index (χ0v) is 14.7. The van der Waals surface area contributed by atoms with Gasteiger partial charge in [-0.05, 0) is 12.5 Å². The normalized spacial score (nSPS) is 25.4. The SMILES string of the molecule is COCc1c(C(=O)N2C[C@@H]3COCC[C@]3(C(N)=O)C2)oc2ccccc12. The monoisotopic (exact) mass is 358 g/mol. The van der Waals surface area contributed by atoms with Crippen LogP contribution in [0, 0.1) is 11.3 Å². The third-order valence-corrected chi connectivity index (χ3v) is 5.67. The van der Waals surface area contributed by atoms with Crippen LogP contribution < -0.4 is 5.73 Å². The lowest BCUT2D eigenvalue weighted by molar-refractivity contribution is -0.135. The number of ether oxygens (including phenoxy) is 2. The van der Waals surface area contributed by atoms with Crippen LogP contribution in [0.2, 0.25) is 0 Å². The summed E-state index contributed by atoms with van der Waals surface area (Å²) in [6, 6.07) is 7.50. The fourth-order valence-electron chi connectivity index (χ4n) is 4.21. The van der Waals surface area contributed by atoms with Crippen LogP contribution in [0.5, 0.6) is 0 Å². The minimum atomic E-state index is -0.707. The number of hydrogen-bond acceptors (Lipinski definition) is 5. The molecule has 0 saturated carbocycles. The second-order valence-corrected chi connectivity index (χ2v) is 7.07. The van der Waals surface area contributed by atoms with Crippen LogP contribution in [-0.2, 0) is 20.9 Å². The fraction of sp³-hybridized carbons (Fsp3) is 0.474. The van der Waals surface area contributed by atoms with Crippen molar-refractivity contribution in [1.29, 1.82) is 0 Å². The predicted molar refractivity (Wildman–Crippen MR) is 93.4 cm³/mol. The number of methoxy groups -OCH3 is 1. The highest BCUT2D eigenvalue weighted by Crippen LogP contribution is 2.43. The Bertz CT molecular complexity index is 861. The molecule has 1 aromatic heterocycles. The van der Waals surface area contributed by atoms with Crippen molar-refractivity contribution in [1.82, 2.24) is 4.90 Å². The van der Waals surface area contributed by atoms with Gasteiger partial charge in [-0.2, -0.15) is 0 Å². The average molecular weight is 358 g/mol. The molecule has 1 aromatic carbocycles. The molecule has 7 nitrogen and oxygen atoms in total. The second kappa shape index (κ2) is 6.41. The number of carbonyl (C=O) groups excluding carboxylic acids is 2. The second-order valence-electron chi connectivity index (χ2n) is 7.07. The molecule has 0 bridgehead atoms. The number of hydrogen-bond donors (Lipinski definition) is 1. The van der Waals surface area contributed by atoms with Gasteiger partial charge in [0.15, 0.2) is 5.76 Å². The standard InChI is InChI=1S/C19H22N2O5/c1-24-10-14-13-4-2-3-5-15(13)26-16(14)17(22)21-8-12-9-25-7-6-19(12,11-21)18(20)23/h2-5,12H,6-11H2,1H3,(H2,20,23)/t12-,19+/m1/s1. The number of para-hydroxylation sites is 1. The molecular weight excluding hydrogens is 336 g/mol. The van der Waals surface area contributed by atoms with Crippen molar-refractivity contribution in [2.45, 2.75) is 13.0 Å². The van der Waals surface area contributed by atoms with E-state index in [1.54, 1.807) is 12.0 Å². The lowest BCUT2D eigenvalue weighted by Crippen LogP contribution is -2.48. The maximum atomic E-state index is 13.2. The van der Waals surface area contributed by atoms with Gasteiger partial charge in [-0.3, -0.25) is 9.59 Å². The fourth-order valence-corrected chi connectivity index (χ4v) is 4.21. The minimum Gasteiger partial charge on any atom is -0.451 e. The van der Waals surface area contributed by atoms with Gasteiger partial charge in [-0.25, -0.2) is 0 Å². The quantitative estimate of drug-likeness (QED) is 0.895. The number of likely N-dealkylation sites (tertiary alicyclic amines) is 1. The summed E-state index contributed by atoms with van der Waals surface area (Å²) in [5.41, 5.74) is 6.37. The van der Waals surface area contributed by atoms with Gasteiger partial charge in [0, 0.05) is 43.7 Å². The van der Waals surface area contributed by atoms with Crippen LogP contribution in [0.15, 0.2) is 28.7 Å². The maximum Gasteiger partial charge on any atom is 0.290 e. The lowest BCUT2D eigenvalue weighted by atomic mass is 9.74. The van der Waals surface area contributed by atoms with Crippen LogP contribution >= 0.6 is 0 Å². The average Bonchev–Trinajstić information content (AvgIpc) is 3.21. The molecule has 2 saturated heterocycles. The molecule has 0 spiro atoms. The van der Waals surface area contributed by atoms with Crippen molar-refractivity contribution in [3.8, 4) is 0 Å². The summed E-state index contributed by atoms with van der Waals surface area (Å²) >= 11 is 0. The van der Waals surface area contributed by atoms with Gasteiger partial charge in [0.1, 0.15) is 5.58 Å². The van der Waals surface area contributed by atoms with Gasteiger partial charge in [-0.15, -0.1) is 0 Å². The first-order chi connectivity index (χ1) is 12.6. The largest absolute Gasteiger partial charge is 0.451 e. The van der Waals surface area contributed by atoms with Gasteiger partial charge in [0.05, 0.1) is 18.6 Å². The first-order valence-corrected chi connectivity index (χ1v) is 8.73. The Balaban J connectivity index is 1.69. The van der Waals surface area contributed by atoms with E-state index in [4.69, 9.17) is 19.6 Å². The molecule has 2 fully saturated rings. The van der Waals surface area contributed by atoms with Crippen molar-refractivity contribution in [3.05, 3.63) is 35.6 Å². The number of rotatable bonds is 4. The summed E-state index contributed by atoms with van der Waals surface area (Å²) < 4.78 is 16.6. The molecule has 2 aliphatic heterocycles. The Morgan fingerprint density at radius 1 is 1.38 bits per heavy atom. The highest BCUT2D eigenvalue weighted by Gasteiger charge is 2.54. The third-order valence-electron chi connectivity index (χ3n) is 5.67. The summed E-state index contributed by atoms with van der Waals surface area (Å²) in [6.07, 6.45) is 0.543. The Kier molecular flexibility index (Phi) is 4.20. The Morgan fingerprint density at radius 2 is 2.19 bits per heavy atom. The van der Waals surface area contributed by atoms with E-state index in [0.29, 0.717) is 38.3 Å². The van der Waals surface area contributed by atoms with Gasteiger partial charge >= 0.3 is 0 Å². The maximum absolute atomic E-state index is 13.2. The molecule has 0 aliphatic carbocycles. The van der Waals surface area contributed by atoms with Gasteiger partial charge in [0.25, 0.3) is 5.91 Å². The van der Waals surface area contributed by atoms with E-state index in [1.807, 2.05) is 24.3 Å². The topological polar surface area (TPSA) is 95.0 Å². The number of fused-ring (bicyclic) bond motifs is 2. The zero-order valence-electron chi connectivity index (χ0n) is 14.7. The molecule has 4 rings (SSSR count). The zero-order chi connectivity index (χ0) is 18.3. The number of nitrogens with two attached hydrogens (primary N) is 1. The highest BCUT2D eigenvalue weighted by atomic mass is 16.5. The van der Waals surface area contributed by atoms with Crippen molar-refractivity contribution in [3.63, 3.8) is 0 Å². The van der Waals surface area contributed by atoms with Crippen LogP contribution in [0.25, 0.3) is 11.0 Å². The van der Waals surface area contributed by atoms with E-state index >= 15 is 0 Å². The lowest BCUT2D eigenvalue weighted by Gasteiger charge is -2.34. The molecule has 2 N–H and O–H groups in total. The van der Waals surface area contributed by atoms with Crippen LogP contribution in [0.4, 0.5) is 0 Å². The van der Waals surface area contributed by atoms with Gasteiger partial charge in [0.2, 0.25) is 5.91 Å². The number of primary amides is 1. The first-order valence-electron chi connectivity index (χ1n) is 8.73. The summed E-state index contributed by atoms with van der Waals surface area (Å²) in [7, 11) is 1.58. The molecule has 2 atom stereocenters. The molecule has 2 amide bonds. The summed E-state index contributed by atoms with van der Waals surface area (Å²) in [4.78, 5) is 27.0. The smallest absolute Gasteiger partial charge is 0.290 e. The number of benzene rings is 1. The first kappa shape index (κ1) is 17.1. The summed E-state index contributed by atoms with van der Waals surface area (Å²) in [5.74, 6) is -0.397. The van der Waals surface area contributed by atoms with Crippen molar-refractivity contribution in [2.75, 3.05) is 33.4 Å². The molecule has 0 radical (unpaired) electrons. The highest BCUT2D eigenvalue weighted by molar-refractivity contribution is 5.99. The molecule has 138 valence electrons. The van der Waals surface area contributed by atoms with Crippen molar-refractivity contribution >= 4 is 22.8 Å². The summed E-state index contributed by atoms with van der Waals surface area (Å²) in [5, 5.41) is 0.863. The predicted octanol–water partition coefficient (Wildman–Crippen LogP) is 1.54. The van der Waals surface area contributed by atoms with E-state index in [-0.39, 0.29) is 30.1 Å². The Hall–Kier alpha value is -2.38. The van der Waals surface area contributed by atoms with E-state index in [1.165, 1.54) is 0 Å². The van der Waals surface area contributed by atoms with Crippen LogP contribution in [-0.4, -0.2) is 50.1 Å². The van der Waals surface area contributed by atoms with E-state index in [0.717, 1.165) is 10.9 Å². The number of nitrogens with zero attached hydrogens (tertiary/aromatic N) is 1. The molecule has 0 unspecified atom stereocenters.